The molecule has 0 bridgehead atoms. The Kier molecular flexibility index (Phi) is 3.42. The fourth-order valence-electron chi connectivity index (χ4n) is 2.12. The Morgan fingerprint density at radius 3 is 3.10 bits per heavy atom. The lowest BCUT2D eigenvalue weighted by Gasteiger charge is -1.99. The first-order chi connectivity index (χ1) is 10.2. The van der Waals surface area contributed by atoms with E-state index >= 15 is 0 Å². The predicted molar refractivity (Wildman–Crippen MR) is 80.8 cm³/mol. The summed E-state index contributed by atoms with van der Waals surface area (Å²) in [6.07, 6.45) is 8.55. The molecule has 0 radical (unpaired) electrons. The number of thiazole rings is 1. The van der Waals surface area contributed by atoms with Crippen LogP contribution in [0.5, 0.6) is 0 Å². The van der Waals surface area contributed by atoms with Crippen molar-refractivity contribution in [3.05, 3.63) is 47.4 Å². The third kappa shape index (κ3) is 2.51. The fraction of sp³-hybridized carbons (Fsp3) is 0.0667. The van der Waals surface area contributed by atoms with Gasteiger partial charge in [-0.05, 0) is 18.2 Å². The van der Waals surface area contributed by atoms with Crippen LogP contribution in [-0.4, -0.2) is 15.5 Å². The predicted octanol–water partition coefficient (Wildman–Crippen LogP) is 3.12. The molecule has 1 amide bonds. The topological polar surface area (TPSA) is 46.9 Å². The Labute approximate surface area is 124 Å². The van der Waals surface area contributed by atoms with Crippen molar-refractivity contribution in [3.63, 3.8) is 0 Å². The molecule has 0 aliphatic rings. The van der Waals surface area contributed by atoms with Gasteiger partial charge in [0.25, 0.3) is 5.91 Å². The Morgan fingerprint density at radius 1 is 1.52 bits per heavy atom. The normalized spacial score (nSPS) is 10.5. The maximum Gasteiger partial charge on any atom is 0.259 e. The van der Waals surface area contributed by atoms with Gasteiger partial charge in [0.1, 0.15) is 5.82 Å². The van der Waals surface area contributed by atoms with E-state index in [0.717, 1.165) is 0 Å². The Morgan fingerprint density at radius 2 is 2.38 bits per heavy atom. The number of benzene rings is 1. The second-order valence-electron chi connectivity index (χ2n) is 4.33. The highest BCUT2D eigenvalue weighted by molar-refractivity contribution is 7.13. The van der Waals surface area contributed by atoms with E-state index in [9.17, 15) is 9.18 Å². The second-order valence-corrected chi connectivity index (χ2v) is 5.22. The summed E-state index contributed by atoms with van der Waals surface area (Å²) in [6.45, 7) is 0.268. The molecule has 0 spiro atoms. The highest BCUT2D eigenvalue weighted by Crippen LogP contribution is 2.24. The fourth-order valence-corrected chi connectivity index (χ4v) is 2.65. The van der Waals surface area contributed by atoms with E-state index in [2.05, 4.69) is 16.2 Å². The largest absolute Gasteiger partial charge is 0.335 e. The number of hydrogen-bond acceptors (Lipinski definition) is 3. The summed E-state index contributed by atoms with van der Waals surface area (Å²) in [6, 6.07) is 4.27. The smallest absolute Gasteiger partial charge is 0.259 e. The van der Waals surface area contributed by atoms with Crippen LogP contribution in [0.2, 0.25) is 0 Å². The molecule has 3 aromatic rings. The van der Waals surface area contributed by atoms with Crippen molar-refractivity contribution < 1.29 is 9.18 Å². The summed E-state index contributed by atoms with van der Waals surface area (Å²) in [4.78, 5) is 16.3. The van der Waals surface area contributed by atoms with Gasteiger partial charge in [-0.1, -0.05) is 5.92 Å². The van der Waals surface area contributed by atoms with E-state index in [0.29, 0.717) is 21.6 Å². The highest BCUT2D eigenvalue weighted by Gasteiger charge is 2.16. The minimum atomic E-state index is -0.370. The molecule has 0 saturated carbocycles. The molecule has 104 valence electrons. The first kappa shape index (κ1) is 13.3. The summed E-state index contributed by atoms with van der Waals surface area (Å²) in [5.41, 5.74) is 1.03. The molecule has 3 rings (SSSR count). The number of amides is 1. The molecule has 0 fully saturated rings. The molecule has 21 heavy (non-hydrogen) atoms. The molecule has 0 saturated heterocycles. The van der Waals surface area contributed by atoms with Gasteiger partial charge < -0.3 is 4.57 Å². The number of nitrogens with one attached hydrogen (secondary N) is 1. The summed E-state index contributed by atoms with van der Waals surface area (Å²) in [5, 5.41) is 5.65. The number of aromatic nitrogens is 2. The van der Waals surface area contributed by atoms with Crippen LogP contribution in [0.4, 0.5) is 9.52 Å². The van der Waals surface area contributed by atoms with Gasteiger partial charge in [-0.3, -0.25) is 10.1 Å². The average molecular weight is 299 g/mol. The van der Waals surface area contributed by atoms with E-state index < -0.39 is 0 Å². The number of carbonyl (C=O) groups excluding carboxylic acids is 1. The molecule has 0 unspecified atom stereocenters. The number of rotatable bonds is 3. The summed E-state index contributed by atoms with van der Waals surface area (Å²) in [5.74, 6) is 1.83. The first-order valence-corrected chi connectivity index (χ1v) is 6.99. The van der Waals surface area contributed by atoms with E-state index in [4.69, 9.17) is 6.42 Å². The first-order valence-electron chi connectivity index (χ1n) is 6.12. The van der Waals surface area contributed by atoms with Crippen LogP contribution < -0.4 is 5.32 Å². The standard InChI is InChI=1S/C15H10FN3OS/c1-2-6-19-9-12(11-4-3-10(16)8-13(11)19)14(20)18-15-17-5-7-21-15/h1,3-5,7-9H,6H2,(H,17,18,20). The number of anilines is 1. The van der Waals surface area contributed by atoms with Crippen LogP contribution in [-0.2, 0) is 6.54 Å². The lowest BCUT2D eigenvalue weighted by Crippen LogP contribution is -2.11. The third-order valence-corrected chi connectivity index (χ3v) is 3.69. The second kappa shape index (κ2) is 5.38. The van der Waals surface area contributed by atoms with Crippen molar-refractivity contribution in [2.75, 3.05) is 5.32 Å². The molecule has 6 heteroatoms. The number of hydrogen-bond donors (Lipinski definition) is 1. The Balaban J connectivity index is 2.06. The van der Waals surface area contributed by atoms with E-state index in [-0.39, 0.29) is 18.3 Å². The molecule has 1 aromatic carbocycles. The molecule has 0 atom stereocenters. The quantitative estimate of drug-likeness (QED) is 0.755. The molecular formula is C15H10FN3OS. The molecule has 2 aromatic heterocycles. The van der Waals surface area contributed by atoms with Crippen LogP contribution in [0.3, 0.4) is 0 Å². The zero-order valence-electron chi connectivity index (χ0n) is 10.8. The lowest BCUT2D eigenvalue weighted by molar-refractivity contribution is 0.102. The van der Waals surface area contributed by atoms with Gasteiger partial charge in [0.05, 0.1) is 17.6 Å². The highest BCUT2D eigenvalue weighted by atomic mass is 32.1. The molecule has 0 aliphatic carbocycles. The maximum absolute atomic E-state index is 13.4. The Bertz CT molecular complexity index is 846. The Hall–Kier alpha value is -2.65. The van der Waals surface area contributed by atoms with Crippen LogP contribution in [0.15, 0.2) is 36.0 Å². The van der Waals surface area contributed by atoms with Crippen LogP contribution in [0.1, 0.15) is 10.4 Å². The van der Waals surface area contributed by atoms with Gasteiger partial charge in [0, 0.05) is 23.2 Å². The zero-order chi connectivity index (χ0) is 14.8. The SMILES string of the molecule is C#CCn1cc(C(=O)Nc2nccs2)c2ccc(F)cc21. The van der Waals surface area contributed by atoms with Gasteiger partial charge in [0.2, 0.25) is 0 Å². The van der Waals surface area contributed by atoms with E-state index in [1.807, 2.05) is 0 Å². The van der Waals surface area contributed by atoms with Gasteiger partial charge >= 0.3 is 0 Å². The summed E-state index contributed by atoms with van der Waals surface area (Å²) >= 11 is 1.33. The van der Waals surface area contributed by atoms with Gasteiger partial charge in [0.15, 0.2) is 5.13 Å². The van der Waals surface area contributed by atoms with Crippen LogP contribution >= 0.6 is 11.3 Å². The van der Waals surface area contributed by atoms with E-state index in [1.54, 1.807) is 28.4 Å². The monoisotopic (exact) mass is 299 g/mol. The van der Waals surface area contributed by atoms with Crippen molar-refractivity contribution in [3.8, 4) is 12.3 Å². The number of nitrogens with zero attached hydrogens (tertiary/aromatic N) is 2. The van der Waals surface area contributed by atoms with Gasteiger partial charge in [-0.25, -0.2) is 9.37 Å². The molecule has 1 N–H and O–H groups in total. The molecular weight excluding hydrogens is 289 g/mol. The maximum atomic E-state index is 13.4. The minimum Gasteiger partial charge on any atom is -0.335 e. The minimum absolute atomic E-state index is 0.268. The van der Waals surface area contributed by atoms with Crippen molar-refractivity contribution >= 4 is 33.3 Å². The summed E-state index contributed by atoms with van der Waals surface area (Å²) < 4.78 is 15.1. The van der Waals surface area contributed by atoms with Crippen LogP contribution in [0, 0.1) is 18.2 Å². The molecule has 2 heterocycles. The number of terminal acetylenes is 1. The number of fused-ring (bicyclic) bond motifs is 1. The van der Waals surface area contributed by atoms with Crippen molar-refractivity contribution in [1.82, 2.24) is 9.55 Å². The van der Waals surface area contributed by atoms with Crippen molar-refractivity contribution in [2.24, 2.45) is 0 Å². The van der Waals surface area contributed by atoms with Gasteiger partial charge in [-0.2, -0.15) is 0 Å². The average Bonchev–Trinajstić information content (AvgIpc) is 3.07. The zero-order valence-corrected chi connectivity index (χ0v) is 11.7. The summed E-state index contributed by atoms with van der Waals surface area (Å²) in [7, 11) is 0. The van der Waals surface area contributed by atoms with Crippen LogP contribution in [0.25, 0.3) is 10.9 Å². The van der Waals surface area contributed by atoms with E-state index in [1.165, 1.54) is 23.5 Å². The lowest BCUT2D eigenvalue weighted by atomic mass is 10.1. The third-order valence-electron chi connectivity index (χ3n) is 3.00. The molecule has 4 nitrogen and oxygen atoms in total. The number of carbonyl (C=O) groups is 1. The molecule has 0 aliphatic heterocycles. The van der Waals surface area contributed by atoms with Crippen molar-refractivity contribution in [1.29, 1.82) is 0 Å². The number of halogens is 1. The van der Waals surface area contributed by atoms with Crippen molar-refractivity contribution in [2.45, 2.75) is 6.54 Å². The van der Waals surface area contributed by atoms with Gasteiger partial charge in [-0.15, -0.1) is 17.8 Å².